The Morgan fingerprint density at radius 3 is 2.21 bits per heavy atom. The van der Waals surface area contributed by atoms with Gasteiger partial charge in [0.05, 0.1) is 6.10 Å². The van der Waals surface area contributed by atoms with Crippen LogP contribution in [0.1, 0.15) is 11.7 Å². The summed E-state index contributed by atoms with van der Waals surface area (Å²) in [6.07, 6.45) is -0.389. The van der Waals surface area contributed by atoms with Crippen LogP contribution in [0.2, 0.25) is 0 Å². The zero-order valence-corrected chi connectivity index (χ0v) is 12.2. The third-order valence-electron chi connectivity index (χ3n) is 3.82. The Hall–Kier alpha value is -1.10. The summed E-state index contributed by atoms with van der Waals surface area (Å²) in [5.41, 5.74) is 2.17. The lowest BCUT2D eigenvalue weighted by molar-refractivity contribution is 0.0805. The van der Waals surface area contributed by atoms with Crippen LogP contribution in [0.15, 0.2) is 24.3 Å². The fraction of sp³-hybridized carbons (Fsp3) is 0.600. The molecule has 1 heterocycles. The highest BCUT2D eigenvalue weighted by atomic mass is 16.3. The zero-order valence-electron chi connectivity index (χ0n) is 12.2. The molecule has 0 aliphatic carbocycles. The van der Waals surface area contributed by atoms with Crippen molar-refractivity contribution in [2.75, 3.05) is 58.8 Å². The number of aliphatic hydroxyl groups is 1. The Kier molecular flexibility index (Phi) is 4.80. The van der Waals surface area contributed by atoms with E-state index in [-0.39, 0.29) is 6.10 Å². The van der Waals surface area contributed by atoms with Crippen LogP contribution in [0, 0.1) is 0 Å². The highest BCUT2D eigenvalue weighted by molar-refractivity contribution is 5.46. The summed E-state index contributed by atoms with van der Waals surface area (Å²) < 4.78 is 0. The summed E-state index contributed by atoms with van der Waals surface area (Å²) in [7, 11) is 6.19. The van der Waals surface area contributed by atoms with Gasteiger partial charge in [0.25, 0.3) is 0 Å². The lowest BCUT2D eigenvalue weighted by atomic mass is 10.1. The molecule has 1 unspecified atom stereocenters. The molecular formula is C15H25N3O. The maximum absolute atomic E-state index is 10.3. The standard InChI is InChI=1S/C15H25N3O/c1-16(2)14-6-4-13(5-7-14)15(19)12-18-10-8-17(3)9-11-18/h4-7,15,19H,8-12H2,1-3H3. The summed E-state index contributed by atoms with van der Waals surface area (Å²) in [5, 5.41) is 10.3. The van der Waals surface area contributed by atoms with Crippen LogP contribution in [-0.4, -0.2) is 68.8 Å². The van der Waals surface area contributed by atoms with Crippen molar-refractivity contribution in [2.24, 2.45) is 0 Å². The normalized spacial score (nSPS) is 19.4. The van der Waals surface area contributed by atoms with E-state index in [4.69, 9.17) is 0 Å². The lowest BCUT2D eigenvalue weighted by Gasteiger charge is -2.33. The van der Waals surface area contributed by atoms with Gasteiger partial charge < -0.3 is 14.9 Å². The van der Waals surface area contributed by atoms with Gasteiger partial charge >= 0.3 is 0 Å². The van der Waals surface area contributed by atoms with Gasteiger partial charge in [-0.2, -0.15) is 0 Å². The zero-order chi connectivity index (χ0) is 13.8. The second-order valence-corrected chi connectivity index (χ2v) is 5.61. The van der Waals surface area contributed by atoms with Crippen LogP contribution in [0.4, 0.5) is 5.69 Å². The Labute approximate surface area is 116 Å². The molecule has 106 valence electrons. The van der Waals surface area contributed by atoms with Gasteiger partial charge in [-0.25, -0.2) is 0 Å². The Morgan fingerprint density at radius 2 is 1.68 bits per heavy atom. The third-order valence-corrected chi connectivity index (χ3v) is 3.82. The molecule has 1 aromatic carbocycles. The number of likely N-dealkylation sites (N-methyl/N-ethyl adjacent to an activating group) is 1. The van der Waals surface area contributed by atoms with E-state index in [0.717, 1.165) is 44.0 Å². The first kappa shape index (κ1) is 14.3. The van der Waals surface area contributed by atoms with Crippen molar-refractivity contribution in [1.82, 2.24) is 9.80 Å². The first-order valence-corrected chi connectivity index (χ1v) is 6.92. The van der Waals surface area contributed by atoms with Gasteiger partial charge in [-0.3, -0.25) is 4.90 Å². The number of aliphatic hydroxyl groups excluding tert-OH is 1. The van der Waals surface area contributed by atoms with Gasteiger partial charge in [-0.05, 0) is 24.7 Å². The monoisotopic (exact) mass is 263 g/mol. The van der Waals surface area contributed by atoms with Gasteiger partial charge in [-0.1, -0.05) is 12.1 Å². The van der Waals surface area contributed by atoms with E-state index < -0.39 is 0 Å². The van der Waals surface area contributed by atoms with E-state index in [1.165, 1.54) is 0 Å². The number of nitrogens with zero attached hydrogens (tertiary/aromatic N) is 3. The van der Waals surface area contributed by atoms with Crippen molar-refractivity contribution in [1.29, 1.82) is 0 Å². The molecule has 0 radical (unpaired) electrons. The molecule has 0 spiro atoms. The van der Waals surface area contributed by atoms with Crippen molar-refractivity contribution >= 4 is 5.69 Å². The Morgan fingerprint density at radius 1 is 1.11 bits per heavy atom. The molecule has 1 aliphatic heterocycles. The van der Waals surface area contributed by atoms with Crippen LogP contribution >= 0.6 is 0 Å². The maximum Gasteiger partial charge on any atom is 0.0916 e. The van der Waals surface area contributed by atoms with Gasteiger partial charge in [0.2, 0.25) is 0 Å². The molecule has 1 aromatic rings. The molecule has 0 amide bonds. The molecule has 0 saturated carbocycles. The number of benzene rings is 1. The SMILES string of the molecule is CN1CCN(CC(O)c2ccc(N(C)C)cc2)CC1. The first-order chi connectivity index (χ1) is 9.06. The average molecular weight is 263 g/mol. The molecule has 1 saturated heterocycles. The Bertz CT molecular complexity index is 383. The summed E-state index contributed by atoms with van der Waals surface area (Å²) in [5.74, 6) is 0. The van der Waals surface area contributed by atoms with E-state index in [9.17, 15) is 5.11 Å². The van der Waals surface area contributed by atoms with Gasteiger partial charge in [0.1, 0.15) is 0 Å². The smallest absolute Gasteiger partial charge is 0.0916 e. The van der Waals surface area contributed by atoms with Crippen molar-refractivity contribution in [3.63, 3.8) is 0 Å². The predicted octanol–water partition coefficient (Wildman–Crippen LogP) is 1.03. The molecule has 4 heteroatoms. The number of hydrogen-bond donors (Lipinski definition) is 1. The summed E-state index contributed by atoms with van der Waals surface area (Å²) in [6, 6.07) is 8.16. The molecule has 0 aromatic heterocycles. The highest BCUT2D eigenvalue weighted by Crippen LogP contribution is 2.19. The maximum atomic E-state index is 10.3. The fourth-order valence-electron chi connectivity index (χ4n) is 2.38. The van der Waals surface area contributed by atoms with Gasteiger partial charge in [0.15, 0.2) is 0 Å². The van der Waals surface area contributed by atoms with Crippen molar-refractivity contribution in [3.8, 4) is 0 Å². The van der Waals surface area contributed by atoms with E-state index in [1.54, 1.807) is 0 Å². The quantitative estimate of drug-likeness (QED) is 0.879. The molecular weight excluding hydrogens is 238 g/mol. The number of rotatable bonds is 4. The molecule has 2 rings (SSSR count). The van der Waals surface area contributed by atoms with Crippen molar-refractivity contribution in [2.45, 2.75) is 6.10 Å². The number of β-amino-alcohol motifs (C(OH)–C–C–N with tert-alkyl or cyclic N) is 1. The van der Waals surface area contributed by atoms with Crippen LogP contribution in [0.3, 0.4) is 0 Å². The molecule has 1 atom stereocenters. The second kappa shape index (κ2) is 6.37. The van der Waals surface area contributed by atoms with E-state index in [1.807, 2.05) is 26.2 Å². The summed E-state index contributed by atoms with van der Waals surface area (Å²) in [4.78, 5) is 6.73. The average Bonchev–Trinajstić information content (AvgIpc) is 2.41. The fourth-order valence-corrected chi connectivity index (χ4v) is 2.38. The molecule has 0 bridgehead atoms. The minimum absolute atomic E-state index is 0.389. The molecule has 19 heavy (non-hydrogen) atoms. The second-order valence-electron chi connectivity index (χ2n) is 5.61. The number of anilines is 1. The number of piperazine rings is 1. The molecule has 1 fully saturated rings. The third kappa shape index (κ3) is 3.93. The van der Waals surface area contributed by atoms with Crippen molar-refractivity contribution in [3.05, 3.63) is 29.8 Å². The van der Waals surface area contributed by atoms with Crippen LogP contribution < -0.4 is 4.90 Å². The summed E-state index contributed by atoms with van der Waals surface area (Å²) in [6.45, 7) is 5.00. The number of hydrogen-bond acceptors (Lipinski definition) is 4. The molecule has 1 N–H and O–H groups in total. The van der Waals surface area contributed by atoms with Crippen LogP contribution in [-0.2, 0) is 0 Å². The first-order valence-electron chi connectivity index (χ1n) is 6.92. The minimum Gasteiger partial charge on any atom is -0.387 e. The van der Waals surface area contributed by atoms with Gasteiger partial charge in [0, 0.05) is 52.5 Å². The van der Waals surface area contributed by atoms with Crippen molar-refractivity contribution < 1.29 is 5.11 Å². The minimum atomic E-state index is -0.389. The van der Waals surface area contributed by atoms with Crippen LogP contribution in [0.5, 0.6) is 0 Å². The predicted molar refractivity (Wildman–Crippen MR) is 79.7 cm³/mol. The molecule has 1 aliphatic rings. The highest BCUT2D eigenvalue weighted by Gasteiger charge is 2.17. The van der Waals surface area contributed by atoms with Gasteiger partial charge in [-0.15, -0.1) is 0 Å². The lowest BCUT2D eigenvalue weighted by Crippen LogP contribution is -2.45. The van der Waals surface area contributed by atoms with Crippen LogP contribution in [0.25, 0.3) is 0 Å². The van der Waals surface area contributed by atoms with E-state index >= 15 is 0 Å². The topological polar surface area (TPSA) is 30.0 Å². The van der Waals surface area contributed by atoms with E-state index in [2.05, 4.69) is 33.9 Å². The molecule has 4 nitrogen and oxygen atoms in total. The largest absolute Gasteiger partial charge is 0.387 e. The summed E-state index contributed by atoms with van der Waals surface area (Å²) >= 11 is 0. The Balaban J connectivity index is 1.90. The van der Waals surface area contributed by atoms with E-state index in [0.29, 0.717) is 0 Å².